The van der Waals surface area contributed by atoms with Gasteiger partial charge < -0.3 is 15.4 Å². The Balaban J connectivity index is 1.57. The summed E-state index contributed by atoms with van der Waals surface area (Å²) in [4.78, 5) is 12.4. The van der Waals surface area contributed by atoms with Crippen molar-refractivity contribution in [2.45, 2.75) is 45.3 Å². The normalized spacial score (nSPS) is 24.9. The zero-order chi connectivity index (χ0) is 14.7. The molecule has 1 aromatic rings. The Kier molecular flexibility index (Phi) is 4.26. The fraction of sp³-hybridized carbons (Fsp3) is 0.733. The van der Waals surface area contributed by atoms with Crippen molar-refractivity contribution in [3.05, 3.63) is 12.4 Å². The number of carbonyl (C=O) groups excluding carboxylic acids is 1. The zero-order valence-electron chi connectivity index (χ0n) is 12.6. The highest BCUT2D eigenvalue weighted by Crippen LogP contribution is 2.29. The van der Waals surface area contributed by atoms with Crippen molar-refractivity contribution >= 4 is 11.6 Å². The third-order valence-corrected chi connectivity index (χ3v) is 4.56. The average molecular weight is 292 g/mol. The lowest BCUT2D eigenvalue weighted by Gasteiger charge is -2.32. The van der Waals surface area contributed by atoms with Crippen LogP contribution in [0, 0.1) is 5.41 Å². The Morgan fingerprint density at radius 1 is 1.57 bits per heavy atom. The summed E-state index contributed by atoms with van der Waals surface area (Å²) in [6.45, 7) is 5.46. The minimum atomic E-state index is -0.276. The topological polar surface area (TPSA) is 68.2 Å². The fourth-order valence-corrected chi connectivity index (χ4v) is 3.01. The number of amides is 1. The van der Waals surface area contributed by atoms with E-state index in [1.807, 2.05) is 17.8 Å². The first-order valence-corrected chi connectivity index (χ1v) is 7.82. The smallest absolute Gasteiger partial charge is 0.230 e. The Morgan fingerprint density at radius 3 is 3.10 bits per heavy atom. The standard InChI is InChI=1S/C15H24N4O2/c1-15(4-6-16-7-5-15)14(20)18-12-9-17-19(10-12)11-13-3-2-8-21-13/h9-10,13,16H,2-8,11H2,1H3,(H,18,20). The van der Waals surface area contributed by atoms with Crippen LogP contribution in [0.5, 0.6) is 0 Å². The molecule has 1 atom stereocenters. The Labute approximate surface area is 125 Å². The van der Waals surface area contributed by atoms with Gasteiger partial charge in [0.15, 0.2) is 0 Å². The van der Waals surface area contributed by atoms with Gasteiger partial charge in [0.1, 0.15) is 0 Å². The number of ether oxygens (including phenoxy) is 1. The lowest BCUT2D eigenvalue weighted by molar-refractivity contribution is -0.126. The molecule has 0 spiro atoms. The molecule has 6 nitrogen and oxygen atoms in total. The van der Waals surface area contributed by atoms with Gasteiger partial charge in [-0.1, -0.05) is 6.92 Å². The van der Waals surface area contributed by atoms with Crippen LogP contribution in [-0.2, 0) is 16.1 Å². The summed E-state index contributed by atoms with van der Waals surface area (Å²) in [6.07, 6.45) is 7.84. The summed E-state index contributed by atoms with van der Waals surface area (Å²) in [5.41, 5.74) is 0.500. The Morgan fingerprint density at radius 2 is 2.38 bits per heavy atom. The molecule has 2 saturated heterocycles. The maximum Gasteiger partial charge on any atom is 0.230 e. The first-order valence-electron chi connectivity index (χ1n) is 7.82. The molecule has 2 fully saturated rings. The van der Waals surface area contributed by atoms with Crippen LogP contribution in [0.2, 0.25) is 0 Å². The molecule has 2 N–H and O–H groups in total. The number of nitrogens with one attached hydrogen (secondary N) is 2. The quantitative estimate of drug-likeness (QED) is 0.880. The van der Waals surface area contributed by atoms with Gasteiger partial charge in [-0.2, -0.15) is 5.10 Å². The molecule has 116 valence electrons. The number of carbonyl (C=O) groups is 1. The maximum atomic E-state index is 12.4. The van der Waals surface area contributed by atoms with E-state index < -0.39 is 0 Å². The van der Waals surface area contributed by atoms with Crippen molar-refractivity contribution in [3.63, 3.8) is 0 Å². The Hall–Kier alpha value is -1.40. The number of nitrogens with zero attached hydrogens (tertiary/aromatic N) is 2. The van der Waals surface area contributed by atoms with E-state index in [1.165, 1.54) is 0 Å². The van der Waals surface area contributed by atoms with Crippen LogP contribution < -0.4 is 10.6 Å². The summed E-state index contributed by atoms with van der Waals surface area (Å²) in [5.74, 6) is 0.0978. The van der Waals surface area contributed by atoms with Gasteiger partial charge in [-0.05, 0) is 38.8 Å². The van der Waals surface area contributed by atoms with Crippen molar-refractivity contribution in [3.8, 4) is 0 Å². The minimum Gasteiger partial charge on any atom is -0.376 e. The highest BCUT2D eigenvalue weighted by molar-refractivity contribution is 5.94. The van der Waals surface area contributed by atoms with Crippen molar-refractivity contribution < 1.29 is 9.53 Å². The molecule has 0 bridgehead atoms. The monoisotopic (exact) mass is 292 g/mol. The highest BCUT2D eigenvalue weighted by Gasteiger charge is 2.34. The molecule has 2 aliphatic rings. The van der Waals surface area contributed by atoms with Gasteiger partial charge >= 0.3 is 0 Å². The zero-order valence-corrected chi connectivity index (χ0v) is 12.6. The van der Waals surface area contributed by atoms with Crippen molar-refractivity contribution in [1.29, 1.82) is 0 Å². The van der Waals surface area contributed by atoms with Crippen molar-refractivity contribution in [2.24, 2.45) is 5.41 Å². The molecule has 1 unspecified atom stereocenters. The summed E-state index contributed by atoms with van der Waals surface area (Å²) >= 11 is 0. The molecule has 1 amide bonds. The van der Waals surface area contributed by atoms with Crippen LogP contribution in [-0.4, -0.2) is 41.5 Å². The SMILES string of the molecule is CC1(C(=O)Nc2cnn(CC3CCCO3)c2)CCNCC1. The number of aromatic nitrogens is 2. The number of hydrogen-bond donors (Lipinski definition) is 2. The van der Waals surface area contributed by atoms with E-state index in [1.54, 1.807) is 6.20 Å². The van der Waals surface area contributed by atoms with Crippen LogP contribution in [0.1, 0.15) is 32.6 Å². The molecular formula is C15H24N4O2. The van der Waals surface area contributed by atoms with Gasteiger partial charge in [0.2, 0.25) is 5.91 Å². The summed E-state index contributed by atoms with van der Waals surface area (Å²) in [5, 5.41) is 10.6. The van der Waals surface area contributed by atoms with Gasteiger partial charge in [-0.15, -0.1) is 0 Å². The Bertz CT molecular complexity index is 488. The predicted octanol–water partition coefficient (Wildman–Crippen LogP) is 1.39. The summed E-state index contributed by atoms with van der Waals surface area (Å²) in [7, 11) is 0. The fourth-order valence-electron chi connectivity index (χ4n) is 3.01. The maximum absolute atomic E-state index is 12.4. The number of piperidine rings is 1. The lowest BCUT2D eigenvalue weighted by Crippen LogP contribution is -2.42. The van der Waals surface area contributed by atoms with E-state index in [2.05, 4.69) is 15.7 Å². The van der Waals surface area contributed by atoms with Gasteiger partial charge in [-0.3, -0.25) is 9.48 Å². The van der Waals surface area contributed by atoms with Gasteiger partial charge in [0, 0.05) is 18.2 Å². The van der Waals surface area contributed by atoms with E-state index in [-0.39, 0.29) is 17.4 Å². The van der Waals surface area contributed by atoms with Gasteiger partial charge in [-0.25, -0.2) is 0 Å². The second-order valence-corrected chi connectivity index (χ2v) is 6.35. The van der Waals surface area contributed by atoms with Crippen molar-refractivity contribution in [2.75, 3.05) is 25.0 Å². The van der Waals surface area contributed by atoms with Gasteiger partial charge in [0.05, 0.1) is 24.5 Å². The first kappa shape index (κ1) is 14.5. The number of anilines is 1. The van der Waals surface area contributed by atoms with E-state index in [0.717, 1.165) is 57.6 Å². The summed E-state index contributed by atoms with van der Waals surface area (Å²) in [6, 6.07) is 0. The molecular weight excluding hydrogens is 268 g/mol. The predicted molar refractivity (Wildman–Crippen MR) is 80.0 cm³/mol. The highest BCUT2D eigenvalue weighted by atomic mass is 16.5. The largest absolute Gasteiger partial charge is 0.376 e. The third-order valence-electron chi connectivity index (χ3n) is 4.56. The second-order valence-electron chi connectivity index (χ2n) is 6.35. The molecule has 6 heteroatoms. The molecule has 2 aliphatic heterocycles. The third kappa shape index (κ3) is 3.44. The number of rotatable bonds is 4. The molecule has 1 aromatic heterocycles. The molecule has 3 heterocycles. The van der Waals surface area contributed by atoms with E-state index >= 15 is 0 Å². The molecule has 21 heavy (non-hydrogen) atoms. The first-order chi connectivity index (χ1) is 10.2. The molecule has 0 radical (unpaired) electrons. The van der Waals surface area contributed by atoms with Crippen LogP contribution in [0.25, 0.3) is 0 Å². The van der Waals surface area contributed by atoms with Crippen LogP contribution in [0.15, 0.2) is 12.4 Å². The summed E-state index contributed by atoms with van der Waals surface area (Å²) < 4.78 is 7.46. The molecule has 3 rings (SSSR count). The van der Waals surface area contributed by atoms with E-state index in [4.69, 9.17) is 4.74 Å². The van der Waals surface area contributed by atoms with Gasteiger partial charge in [0.25, 0.3) is 0 Å². The minimum absolute atomic E-state index is 0.0978. The van der Waals surface area contributed by atoms with E-state index in [0.29, 0.717) is 0 Å². The van der Waals surface area contributed by atoms with E-state index in [9.17, 15) is 4.79 Å². The second kappa shape index (κ2) is 6.15. The van der Waals surface area contributed by atoms with Crippen molar-refractivity contribution in [1.82, 2.24) is 15.1 Å². The number of hydrogen-bond acceptors (Lipinski definition) is 4. The van der Waals surface area contributed by atoms with Crippen LogP contribution >= 0.6 is 0 Å². The van der Waals surface area contributed by atoms with Crippen LogP contribution in [0.3, 0.4) is 0 Å². The van der Waals surface area contributed by atoms with Crippen LogP contribution in [0.4, 0.5) is 5.69 Å². The average Bonchev–Trinajstić information content (AvgIpc) is 3.12. The molecule has 0 saturated carbocycles. The lowest BCUT2D eigenvalue weighted by atomic mass is 9.80. The molecule has 0 aromatic carbocycles. The molecule has 0 aliphatic carbocycles.